The maximum atomic E-state index is 10.6. The number of rotatable bonds is 19. The zero-order chi connectivity index (χ0) is 23.7. The van der Waals surface area contributed by atoms with Gasteiger partial charge in [-0.2, -0.15) is 0 Å². The lowest BCUT2D eigenvalue weighted by Crippen LogP contribution is -2.09. The number of nitrogens with two attached hydrogens (primary N) is 1. The van der Waals surface area contributed by atoms with Crippen LogP contribution in [0.1, 0.15) is 134 Å². The molecule has 32 heavy (non-hydrogen) atoms. The van der Waals surface area contributed by atoms with E-state index in [0.717, 1.165) is 12.8 Å². The number of unbranched alkanes of at least 4 members (excludes halogenated alkanes) is 15. The van der Waals surface area contributed by atoms with E-state index >= 15 is 0 Å². The molecule has 0 unspecified atom stereocenters. The SMILES string of the molecule is CCCCCCCC/C=C\CCCCCCCCCCCC(N)=O.Cc1ccccc1C. The Morgan fingerprint density at radius 3 is 1.41 bits per heavy atom. The quantitative estimate of drug-likeness (QED) is 0.168. The maximum Gasteiger partial charge on any atom is 0.217 e. The van der Waals surface area contributed by atoms with Gasteiger partial charge in [-0.15, -0.1) is 0 Å². The first-order valence-electron chi connectivity index (χ1n) is 13.5. The third-order valence-electron chi connectivity index (χ3n) is 6.11. The van der Waals surface area contributed by atoms with Crippen LogP contribution in [-0.4, -0.2) is 5.91 Å². The van der Waals surface area contributed by atoms with Gasteiger partial charge in [0.25, 0.3) is 0 Å². The van der Waals surface area contributed by atoms with Crippen LogP contribution in [0.25, 0.3) is 0 Å². The number of hydrogen-bond donors (Lipinski definition) is 1. The van der Waals surface area contributed by atoms with Crippen LogP contribution in [0.15, 0.2) is 36.4 Å². The molecule has 2 N–H and O–H groups in total. The minimum absolute atomic E-state index is 0.156. The molecule has 0 fully saturated rings. The predicted molar refractivity (Wildman–Crippen MR) is 143 cm³/mol. The van der Waals surface area contributed by atoms with Crippen LogP contribution < -0.4 is 5.73 Å². The zero-order valence-corrected chi connectivity index (χ0v) is 21.7. The number of carbonyl (C=O) groups excluding carboxylic acids is 1. The van der Waals surface area contributed by atoms with E-state index in [-0.39, 0.29) is 5.91 Å². The second kappa shape index (κ2) is 24.1. The molecular formula is C30H53NO. The van der Waals surface area contributed by atoms with Crippen molar-refractivity contribution in [2.24, 2.45) is 5.73 Å². The minimum Gasteiger partial charge on any atom is -0.370 e. The summed E-state index contributed by atoms with van der Waals surface area (Å²) >= 11 is 0. The van der Waals surface area contributed by atoms with Gasteiger partial charge in [0.2, 0.25) is 5.91 Å². The highest BCUT2D eigenvalue weighted by Crippen LogP contribution is 2.12. The van der Waals surface area contributed by atoms with Crippen LogP contribution in [0.5, 0.6) is 0 Å². The van der Waals surface area contributed by atoms with Gasteiger partial charge in [0.15, 0.2) is 0 Å². The molecule has 184 valence electrons. The summed E-state index contributed by atoms with van der Waals surface area (Å²) in [5, 5.41) is 0. The molecule has 0 aromatic heterocycles. The van der Waals surface area contributed by atoms with E-state index in [1.54, 1.807) is 0 Å². The average Bonchev–Trinajstić information content (AvgIpc) is 2.77. The van der Waals surface area contributed by atoms with Gasteiger partial charge in [0.05, 0.1) is 0 Å². The van der Waals surface area contributed by atoms with Crippen LogP contribution in [-0.2, 0) is 4.79 Å². The molecule has 0 aliphatic rings. The average molecular weight is 444 g/mol. The van der Waals surface area contributed by atoms with E-state index in [1.807, 2.05) is 0 Å². The van der Waals surface area contributed by atoms with Crippen molar-refractivity contribution in [2.75, 3.05) is 0 Å². The molecule has 0 bridgehead atoms. The van der Waals surface area contributed by atoms with Crippen LogP contribution in [0.3, 0.4) is 0 Å². The van der Waals surface area contributed by atoms with Gasteiger partial charge < -0.3 is 5.73 Å². The van der Waals surface area contributed by atoms with Gasteiger partial charge >= 0.3 is 0 Å². The first-order chi connectivity index (χ1) is 15.6. The van der Waals surface area contributed by atoms with Crippen molar-refractivity contribution in [1.29, 1.82) is 0 Å². The van der Waals surface area contributed by atoms with E-state index in [9.17, 15) is 4.79 Å². The summed E-state index contributed by atoms with van der Waals surface area (Å²) in [6, 6.07) is 8.36. The molecule has 0 atom stereocenters. The Morgan fingerprint density at radius 1 is 0.656 bits per heavy atom. The summed E-state index contributed by atoms with van der Waals surface area (Å²) in [5.41, 5.74) is 7.86. The van der Waals surface area contributed by atoms with Crippen molar-refractivity contribution in [3.63, 3.8) is 0 Å². The molecule has 0 radical (unpaired) electrons. The van der Waals surface area contributed by atoms with Crippen molar-refractivity contribution in [3.05, 3.63) is 47.5 Å². The van der Waals surface area contributed by atoms with Crippen LogP contribution in [0, 0.1) is 13.8 Å². The maximum absolute atomic E-state index is 10.6. The van der Waals surface area contributed by atoms with Crippen molar-refractivity contribution < 1.29 is 4.79 Å². The first kappa shape index (κ1) is 30.4. The van der Waals surface area contributed by atoms with Gasteiger partial charge in [0.1, 0.15) is 0 Å². The third-order valence-corrected chi connectivity index (χ3v) is 6.11. The molecule has 2 nitrogen and oxygen atoms in total. The molecule has 1 rings (SSSR count). The number of hydrogen-bond acceptors (Lipinski definition) is 1. The molecule has 0 saturated heterocycles. The Labute approximate surface area is 200 Å². The zero-order valence-electron chi connectivity index (χ0n) is 21.7. The van der Waals surface area contributed by atoms with Gasteiger partial charge in [-0.05, 0) is 57.1 Å². The second-order valence-corrected chi connectivity index (χ2v) is 9.30. The molecule has 0 spiro atoms. The monoisotopic (exact) mass is 443 g/mol. The molecule has 1 aromatic rings. The highest BCUT2D eigenvalue weighted by Gasteiger charge is 1.95. The van der Waals surface area contributed by atoms with Gasteiger partial charge in [0, 0.05) is 6.42 Å². The summed E-state index contributed by atoms with van der Waals surface area (Å²) < 4.78 is 0. The third kappa shape index (κ3) is 23.1. The van der Waals surface area contributed by atoms with Gasteiger partial charge in [-0.3, -0.25) is 4.79 Å². The number of benzene rings is 1. The van der Waals surface area contributed by atoms with Crippen LogP contribution in [0.4, 0.5) is 0 Å². The Hall–Kier alpha value is -1.57. The Balaban J connectivity index is 0.000000995. The van der Waals surface area contributed by atoms with E-state index < -0.39 is 0 Å². The number of amides is 1. The summed E-state index contributed by atoms with van der Waals surface area (Å²) in [6.07, 6.45) is 27.8. The van der Waals surface area contributed by atoms with Crippen LogP contribution in [0.2, 0.25) is 0 Å². The lowest BCUT2D eigenvalue weighted by atomic mass is 10.1. The summed E-state index contributed by atoms with van der Waals surface area (Å²) in [4.78, 5) is 10.6. The summed E-state index contributed by atoms with van der Waals surface area (Å²) in [7, 11) is 0. The lowest BCUT2D eigenvalue weighted by Gasteiger charge is -2.01. The van der Waals surface area contributed by atoms with Crippen molar-refractivity contribution >= 4 is 5.91 Å². The summed E-state index contributed by atoms with van der Waals surface area (Å²) in [5.74, 6) is -0.156. The standard InChI is InChI=1S/C22H43NO.C8H10/c1-2-3-4-5-6-7-8-9-10-11-12-13-14-15-16-17-18-19-20-21-22(23)24;1-7-5-3-4-6-8(7)2/h9-10H,2-8,11-21H2,1H3,(H2,23,24);3-6H,1-2H3/b10-9-;. The fraction of sp³-hybridized carbons (Fsp3) is 0.700. The van der Waals surface area contributed by atoms with Gasteiger partial charge in [-0.1, -0.05) is 120 Å². The molecule has 1 aromatic carbocycles. The predicted octanol–water partition coefficient (Wildman–Crippen LogP) is 9.37. The molecule has 1 amide bonds. The van der Waals surface area contributed by atoms with Crippen molar-refractivity contribution in [1.82, 2.24) is 0 Å². The van der Waals surface area contributed by atoms with E-state index in [0.29, 0.717) is 6.42 Å². The fourth-order valence-corrected chi connectivity index (χ4v) is 3.74. The van der Waals surface area contributed by atoms with E-state index in [4.69, 9.17) is 5.73 Å². The number of primary amides is 1. The highest BCUT2D eigenvalue weighted by molar-refractivity contribution is 5.73. The molecule has 2 heteroatoms. The minimum atomic E-state index is -0.156. The van der Waals surface area contributed by atoms with Gasteiger partial charge in [-0.25, -0.2) is 0 Å². The number of aryl methyl sites for hydroxylation is 2. The number of allylic oxidation sites excluding steroid dienone is 2. The molecule has 0 aliphatic heterocycles. The largest absolute Gasteiger partial charge is 0.370 e. The smallest absolute Gasteiger partial charge is 0.217 e. The Kier molecular flexibility index (Phi) is 22.9. The molecule has 0 heterocycles. The number of carbonyl (C=O) groups is 1. The Morgan fingerprint density at radius 2 is 1.03 bits per heavy atom. The first-order valence-corrected chi connectivity index (χ1v) is 13.5. The van der Waals surface area contributed by atoms with Crippen molar-refractivity contribution in [2.45, 2.75) is 136 Å². The topological polar surface area (TPSA) is 43.1 Å². The highest BCUT2D eigenvalue weighted by atomic mass is 16.1. The normalized spacial score (nSPS) is 10.8. The van der Waals surface area contributed by atoms with Crippen LogP contribution >= 0.6 is 0 Å². The Bertz CT molecular complexity index is 543. The molecular weight excluding hydrogens is 390 g/mol. The van der Waals surface area contributed by atoms with E-state index in [2.05, 4.69) is 57.2 Å². The van der Waals surface area contributed by atoms with Crippen molar-refractivity contribution in [3.8, 4) is 0 Å². The van der Waals surface area contributed by atoms with E-state index in [1.165, 1.54) is 107 Å². The summed E-state index contributed by atoms with van der Waals surface area (Å²) in [6.45, 7) is 6.52. The lowest BCUT2D eigenvalue weighted by molar-refractivity contribution is -0.118. The molecule has 0 saturated carbocycles. The fourth-order valence-electron chi connectivity index (χ4n) is 3.74. The second-order valence-electron chi connectivity index (χ2n) is 9.30. The molecule has 0 aliphatic carbocycles.